The van der Waals surface area contributed by atoms with E-state index in [2.05, 4.69) is 20.5 Å². The van der Waals surface area contributed by atoms with Gasteiger partial charge in [-0.3, -0.25) is 4.40 Å². The molecule has 0 aliphatic heterocycles. The molecule has 0 atom stereocenters. The standard InChI is InChI=1S/C13H20N6/c14-8-13(4-2-1-3-5-13)9-16-11-12-18-17-10-19(12)7-6-15-11/h6-7,10H,1-5,8-9,14H2,(H,15,16). The molecule has 3 rings (SSSR count). The van der Waals surface area contributed by atoms with E-state index < -0.39 is 0 Å². The molecule has 1 aliphatic rings. The van der Waals surface area contributed by atoms with Crippen molar-refractivity contribution < 1.29 is 0 Å². The fraction of sp³-hybridized carbons (Fsp3) is 0.615. The number of hydrogen-bond donors (Lipinski definition) is 2. The molecule has 3 N–H and O–H groups in total. The molecule has 19 heavy (non-hydrogen) atoms. The van der Waals surface area contributed by atoms with Gasteiger partial charge in [-0.25, -0.2) is 4.98 Å². The number of anilines is 1. The fourth-order valence-corrected chi connectivity index (χ4v) is 2.91. The first kappa shape index (κ1) is 12.3. The number of rotatable bonds is 4. The maximum Gasteiger partial charge on any atom is 0.203 e. The van der Waals surface area contributed by atoms with Crippen LogP contribution in [-0.2, 0) is 0 Å². The SMILES string of the molecule is NCC1(CNc2nccn3cnnc23)CCCCC1. The number of nitrogens with two attached hydrogens (primary N) is 1. The van der Waals surface area contributed by atoms with Crippen LogP contribution >= 0.6 is 0 Å². The number of aromatic nitrogens is 4. The van der Waals surface area contributed by atoms with Crippen LogP contribution in [0.1, 0.15) is 32.1 Å². The van der Waals surface area contributed by atoms with Gasteiger partial charge < -0.3 is 11.1 Å². The Hall–Kier alpha value is -1.69. The molecule has 1 saturated carbocycles. The second-order valence-electron chi connectivity index (χ2n) is 5.46. The maximum atomic E-state index is 6.00. The van der Waals surface area contributed by atoms with Crippen molar-refractivity contribution in [1.82, 2.24) is 19.6 Å². The number of hydrogen-bond acceptors (Lipinski definition) is 5. The van der Waals surface area contributed by atoms with Gasteiger partial charge in [0, 0.05) is 18.9 Å². The summed E-state index contributed by atoms with van der Waals surface area (Å²) >= 11 is 0. The molecule has 2 aromatic heterocycles. The lowest BCUT2D eigenvalue weighted by Crippen LogP contribution is -2.39. The summed E-state index contributed by atoms with van der Waals surface area (Å²) in [5, 5.41) is 11.4. The first-order valence-corrected chi connectivity index (χ1v) is 6.91. The molecule has 2 aromatic rings. The number of nitrogens with zero attached hydrogens (tertiary/aromatic N) is 4. The zero-order valence-corrected chi connectivity index (χ0v) is 11.0. The molecule has 0 spiro atoms. The minimum Gasteiger partial charge on any atom is -0.366 e. The lowest BCUT2D eigenvalue weighted by molar-refractivity contribution is 0.215. The Morgan fingerprint density at radius 1 is 1.32 bits per heavy atom. The predicted octanol–water partition coefficient (Wildman–Crippen LogP) is 1.45. The molecule has 102 valence electrons. The molecule has 6 nitrogen and oxygen atoms in total. The van der Waals surface area contributed by atoms with Gasteiger partial charge in [-0.2, -0.15) is 0 Å². The van der Waals surface area contributed by atoms with Gasteiger partial charge in [0.15, 0.2) is 5.82 Å². The number of fused-ring (bicyclic) bond motifs is 1. The lowest BCUT2D eigenvalue weighted by Gasteiger charge is -2.36. The molecule has 2 heterocycles. The fourth-order valence-electron chi connectivity index (χ4n) is 2.91. The van der Waals surface area contributed by atoms with Crippen LogP contribution in [0.15, 0.2) is 18.7 Å². The van der Waals surface area contributed by atoms with Crippen molar-refractivity contribution in [2.24, 2.45) is 11.1 Å². The topological polar surface area (TPSA) is 81.1 Å². The molecule has 0 unspecified atom stereocenters. The Morgan fingerprint density at radius 3 is 2.95 bits per heavy atom. The summed E-state index contributed by atoms with van der Waals surface area (Å²) in [6.07, 6.45) is 11.6. The summed E-state index contributed by atoms with van der Waals surface area (Å²) < 4.78 is 1.87. The lowest BCUT2D eigenvalue weighted by atomic mass is 9.74. The minimum absolute atomic E-state index is 0.215. The first-order chi connectivity index (χ1) is 9.33. The van der Waals surface area contributed by atoms with Crippen molar-refractivity contribution >= 4 is 11.5 Å². The summed E-state index contributed by atoms with van der Waals surface area (Å²) in [5.74, 6) is 0.790. The van der Waals surface area contributed by atoms with E-state index >= 15 is 0 Å². The molecule has 0 aromatic carbocycles. The molecule has 6 heteroatoms. The molecular formula is C13H20N6. The normalized spacial score (nSPS) is 18.6. The Balaban J connectivity index is 1.76. The predicted molar refractivity (Wildman–Crippen MR) is 73.8 cm³/mol. The highest BCUT2D eigenvalue weighted by atomic mass is 15.2. The summed E-state index contributed by atoms with van der Waals surface area (Å²) in [6.45, 7) is 1.60. The van der Waals surface area contributed by atoms with Gasteiger partial charge >= 0.3 is 0 Å². The van der Waals surface area contributed by atoms with Crippen molar-refractivity contribution in [2.45, 2.75) is 32.1 Å². The van der Waals surface area contributed by atoms with E-state index in [1.54, 1.807) is 12.5 Å². The molecule has 1 aliphatic carbocycles. The molecule has 0 bridgehead atoms. The van der Waals surface area contributed by atoms with E-state index in [0.717, 1.165) is 24.6 Å². The highest BCUT2D eigenvalue weighted by Crippen LogP contribution is 2.35. The minimum atomic E-state index is 0.215. The highest BCUT2D eigenvalue weighted by Gasteiger charge is 2.30. The van der Waals surface area contributed by atoms with Crippen molar-refractivity contribution in [3.05, 3.63) is 18.7 Å². The molecule has 0 radical (unpaired) electrons. The zero-order chi connectivity index (χ0) is 13.1. The Bertz CT molecular complexity index is 543. The Kier molecular flexibility index (Phi) is 3.33. The van der Waals surface area contributed by atoms with Gasteiger partial charge in [-0.1, -0.05) is 19.3 Å². The average molecular weight is 260 g/mol. The van der Waals surface area contributed by atoms with Crippen LogP contribution < -0.4 is 11.1 Å². The summed E-state index contributed by atoms with van der Waals surface area (Å²) in [6, 6.07) is 0. The van der Waals surface area contributed by atoms with Crippen LogP contribution in [0.3, 0.4) is 0 Å². The van der Waals surface area contributed by atoms with E-state index in [9.17, 15) is 0 Å². The zero-order valence-electron chi connectivity index (χ0n) is 11.0. The van der Waals surface area contributed by atoms with Crippen LogP contribution in [0.5, 0.6) is 0 Å². The summed E-state index contributed by atoms with van der Waals surface area (Å²) in [7, 11) is 0. The largest absolute Gasteiger partial charge is 0.366 e. The van der Waals surface area contributed by atoms with Crippen LogP contribution in [0.2, 0.25) is 0 Å². The van der Waals surface area contributed by atoms with Crippen LogP contribution in [0, 0.1) is 5.41 Å². The summed E-state index contributed by atoms with van der Waals surface area (Å²) in [5.41, 5.74) is 6.99. The second kappa shape index (κ2) is 5.13. The van der Waals surface area contributed by atoms with Crippen LogP contribution in [-0.4, -0.2) is 32.7 Å². The highest BCUT2D eigenvalue weighted by molar-refractivity contribution is 5.61. The van der Waals surface area contributed by atoms with Gasteiger partial charge in [0.2, 0.25) is 5.65 Å². The maximum absolute atomic E-state index is 6.00. The van der Waals surface area contributed by atoms with Crippen molar-refractivity contribution in [2.75, 3.05) is 18.4 Å². The van der Waals surface area contributed by atoms with E-state index in [1.165, 1.54) is 32.1 Å². The first-order valence-electron chi connectivity index (χ1n) is 6.91. The van der Waals surface area contributed by atoms with Crippen LogP contribution in [0.25, 0.3) is 5.65 Å². The second-order valence-corrected chi connectivity index (χ2v) is 5.46. The van der Waals surface area contributed by atoms with E-state index in [1.807, 2.05) is 10.6 Å². The third-order valence-corrected chi connectivity index (χ3v) is 4.19. The third kappa shape index (κ3) is 2.40. The van der Waals surface area contributed by atoms with Gasteiger partial charge in [-0.15, -0.1) is 10.2 Å². The van der Waals surface area contributed by atoms with E-state index in [4.69, 9.17) is 5.73 Å². The summed E-state index contributed by atoms with van der Waals surface area (Å²) in [4.78, 5) is 4.35. The molecular weight excluding hydrogens is 240 g/mol. The van der Waals surface area contributed by atoms with Crippen molar-refractivity contribution in [1.29, 1.82) is 0 Å². The average Bonchev–Trinajstić information content (AvgIpc) is 2.95. The van der Waals surface area contributed by atoms with Gasteiger partial charge in [0.1, 0.15) is 6.33 Å². The van der Waals surface area contributed by atoms with Crippen molar-refractivity contribution in [3.8, 4) is 0 Å². The molecule has 0 saturated heterocycles. The van der Waals surface area contributed by atoms with E-state index in [0.29, 0.717) is 0 Å². The third-order valence-electron chi connectivity index (χ3n) is 4.19. The molecule has 0 amide bonds. The monoisotopic (exact) mass is 260 g/mol. The van der Waals surface area contributed by atoms with Gasteiger partial charge in [-0.05, 0) is 24.8 Å². The van der Waals surface area contributed by atoms with Gasteiger partial charge in [0.25, 0.3) is 0 Å². The molecule has 1 fully saturated rings. The van der Waals surface area contributed by atoms with Crippen molar-refractivity contribution in [3.63, 3.8) is 0 Å². The Labute approximate surface area is 112 Å². The van der Waals surface area contributed by atoms with Gasteiger partial charge in [0.05, 0.1) is 0 Å². The van der Waals surface area contributed by atoms with E-state index in [-0.39, 0.29) is 5.41 Å². The Morgan fingerprint density at radius 2 is 2.16 bits per heavy atom. The quantitative estimate of drug-likeness (QED) is 0.869. The smallest absolute Gasteiger partial charge is 0.203 e. The number of nitrogens with one attached hydrogen (secondary N) is 1. The van der Waals surface area contributed by atoms with Crippen LogP contribution in [0.4, 0.5) is 5.82 Å².